The number of aromatic amines is 1. The van der Waals surface area contributed by atoms with Crippen LogP contribution >= 0.6 is 0 Å². The summed E-state index contributed by atoms with van der Waals surface area (Å²) in [6.45, 7) is 3.07. The number of carbonyl (C=O) groups excluding carboxylic acids is 1. The Morgan fingerprint density at radius 3 is 2.88 bits per heavy atom. The number of ether oxygens (including phenoxy) is 1. The average molecular weight is 336 g/mol. The Balaban J connectivity index is 1.60. The van der Waals surface area contributed by atoms with E-state index < -0.39 is 0 Å². The lowest BCUT2D eigenvalue weighted by Gasteiger charge is -2.08. The molecule has 3 aromatic rings. The Morgan fingerprint density at radius 1 is 1.24 bits per heavy atom. The number of aromatic nitrogens is 3. The summed E-state index contributed by atoms with van der Waals surface area (Å²) in [5.41, 5.74) is 3.24. The van der Waals surface area contributed by atoms with Gasteiger partial charge in [-0.15, -0.1) is 0 Å². The van der Waals surface area contributed by atoms with Crippen LogP contribution in [-0.4, -0.2) is 27.6 Å². The van der Waals surface area contributed by atoms with Crippen molar-refractivity contribution in [2.75, 3.05) is 6.54 Å². The monoisotopic (exact) mass is 336 g/mol. The molecule has 2 N–H and O–H groups in total. The van der Waals surface area contributed by atoms with E-state index in [4.69, 9.17) is 4.74 Å². The number of nitrogens with one attached hydrogen (secondary N) is 2. The second kappa shape index (κ2) is 8.10. The third-order valence-corrected chi connectivity index (χ3v) is 3.64. The van der Waals surface area contributed by atoms with Gasteiger partial charge in [0.1, 0.15) is 12.4 Å². The topological polar surface area (TPSA) is 79.9 Å². The highest BCUT2D eigenvalue weighted by Crippen LogP contribution is 2.18. The minimum atomic E-state index is -0.0609. The molecule has 0 aliphatic rings. The summed E-state index contributed by atoms with van der Waals surface area (Å²) in [5, 5.41) is 9.65. The third kappa shape index (κ3) is 4.44. The Bertz CT molecular complexity index is 814. The quantitative estimate of drug-likeness (QED) is 0.694. The van der Waals surface area contributed by atoms with E-state index in [1.54, 1.807) is 18.5 Å². The first-order valence-corrected chi connectivity index (χ1v) is 8.22. The SMILES string of the molecule is CCCNC(=O)c1cccc(COc2ccc(-c3ccn[nH]3)nc2)c1. The maximum atomic E-state index is 12.0. The number of carbonyl (C=O) groups is 1. The van der Waals surface area contributed by atoms with Gasteiger partial charge in [-0.25, -0.2) is 0 Å². The smallest absolute Gasteiger partial charge is 0.251 e. The zero-order chi connectivity index (χ0) is 17.5. The van der Waals surface area contributed by atoms with E-state index >= 15 is 0 Å². The van der Waals surface area contributed by atoms with Gasteiger partial charge in [0.15, 0.2) is 0 Å². The number of rotatable bonds is 7. The minimum Gasteiger partial charge on any atom is -0.487 e. The number of hydrogen-bond donors (Lipinski definition) is 2. The maximum Gasteiger partial charge on any atom is 0.251 e. The second-order valence-corrected chi connectivity index (χ2v) is 5.59. The molecule has 6 nitrogen and oxygen atoms in total. The third-order valence-electron chi connectivity index (χ3n) is 3.64. The van der Waals surface area contributed by atoms with Gasteiger partial charge in [-0.05, 0) is 42.3 Å². The zero-order valence-corrected chi connectivity index (χ0v) is 14.0. The molecule has 2 aromatic heterocycles. The normalized spacial score (nSPS) is 10.4. The van der Waals surface area contributed by atoms with Crippen LogP contribution in [0.2, 0.25) is 0 Å². The molecule has 6 heteroatoms. The number of pyridine rings is 1. The second-order valence-electron chi connectivity index (χ2n) is 5.59. The summed E-state index contributed by atoms with van der Waals surface area (Å²) >= 11 is 0. The summed E-state index contributed by atoms with van der Waals surface area (Å²) in [5.74, 6) is 0.610. The van der Waals surface area contributed by atoms with Crippen molar-refractivity contribution < 1.29 is 9.53 Å². The van der Waals surface area contributed by atoms with Gasteiger partial charge in [0.05, 0.1) is 17.6 Å². The van der Waals surface area contributed by atoms with E-state index in [1.807, 2.05) is 43.3 Å². The van der Waals surface area contributed by atoms with Crippen molar-refractivity contribution in [3.63, 3.8) is 0 Å². The maximum absolute atomic E-state index is 12.0. The van der Waals surface area contributed by atoms with Gasteiger partial charge in [0, 0.05) is 18.3 Å². The van der Waals surface area contributed by atoms with Crippen LogP contribution in [0.25, 0.3) is 11.4 Å². The summed E-state index contributed by atoms with van der Waals surface area (Å²) in [7, 11) is 0. The molecular formula is C19H20N4O2. The summed E-state index contributed by atoms with van der Waals surface area (Å²) in [6, 6.07) is 13.0. The molecule has 128 valence electrons. The first-order chi connectivity index (χ1) is 12.3. The van der Waals surface area contributed by atoms with E-state index in [0.717, 1.165) is 23.4 Å². The molecule has 0 fully saturated rings. The van der Waals surface area contributed by atoms with E-state index in [2.05, 4.69) is 20.5 Å². The molecule has 1 amide bonds. The molecule has 25 heavy (non-hydrogen) atoms. The molecule has 2 heterocycles. The highest BCUT2D eigenvalue weighted by Gasteiger charge is 2.06. The lowest BCUT2D eigenvalue weighted by atomic mass is 10.1. The molecule has 0 atom stereocenters. The predicted octanol–water partition coefficient (Wildman–Crippen LogP) is 3.19. The highest BCUT2D eigenvalue weighted by atomic mass is 16.5. The molecule has 0 aliphatic heterocycles. The van der Waals surface area contributed by atoms with Gasteiger partial charge in [-0.1, -0.05) is 19.1 Å². The average Bonchev–Trinajstić information content (AvgIpc) is 3.20. The molecule has 0 saturated carbocycles. The Hall–Kier alpha value is -3.15. The number of amides is 1. The van der Waals surface area contributed by atoms with Crippen LogP contribution in [0, 0.1) is 0 Å². The molecule has 0 saturated heterocycles. The van der Waals surface area contributed by atoms with E-state index in [0.29, 0.717) is 24.5 Å². The Kier molecular flexibility index (Phi) is 5.41. The van der Waals surface area contributed by atoms with Crippen molar-refractivity contribution in [3.8, 4) is 17.1 Å². The van der Waals surface area contributed by atoms with Crippen LogP contribution in [0.3, 0.4) is 0 Å². The van der Waals surface area contributed by atoms with Crippen molar-refractivity contribution in [2.45, 2.75) is 20.0 Å². The van der Waals surface area contributed by atoms with E-state index in [-0.39, 0.29) is 5.91 Å². The van der Waals surface area contributed by atoms with Crippen molar-refractivity contribution in [1.29, 1.82) is 0 Å². The van der Waals surface area contributed by atoms with Crippen LogP contribution in [0.5, 0.6) is 5.75 Å². The number of nitrogens with zero attached hydrogens (tertiary/aromatic N) is 2. The first kappa shape index (κ1) is 16.7. The molecule has 0 aliphatic carbocycles. The lowest BCUT2D eigenvalue weighted by molar-refractivity contribution is 0.0953. The van der Waals surface area contributed by atoms with Crippen LogP contribution in [0.1, 0.15) is 29.3 Å². The van der Waals surface area contributed by atoms with Gasteiger partial charge >= 0.3 is 0 Å². The predicted molar refractivity (Wildman–Crippen MR) is 95.2 cm³/mol. The first-order valence-electron chi connectivity index (χ1n) is 8.22. The largest absolute Gasteiger partial charge is 0.487 e. The van der Waals surface area contributed by atoms with E-state index in [1.165, 1.54) is 0 Å². The number of benzene rings is 1. The lowest BCUT2D eigenvalue weighted by Crippen LogP contribution is -2.24. The fourth-order valence-electron chi connectivity index (χ4n) is 2.33. The van der Waals surface area contributed by atoms with Crippen LogP contribution in [0.15, 0.2) is 54.9 Å². The van der Waals surface area contributed by atoms with Crippen LogP contribution in [-0.2, 0) is 6.61 Å². The van der Waals surface area contributed by atoms with Crippen molar-refractivity contribution in [1.82, 2.24) is 20.5 Å². The van der Waals surface area contributed by atoms with Crippen molar-refractivity contribution in [2.24, 2.45) is 0 Å². The van der Waals surface area contributed by atoms with Crippen LogP contribution < -0.4 is 10.1 Å². The molecule has 3 rings (SSSR count). The fraction of sp³-hybridized carbons (Fsp3) is 0.211. The summed E-state index contributed by atoms with van der Waals surface area (Å²) in [6.07, 6.45) is 4.27. The fourth-order valence-corrected chi connectivity index (χ4v) is 2.33. The molecule has 0 radical (unpaired) electrons. The molecular weight excluding hydrogens is 316 g/mol. The van der Waals surface area contributed by atoms with Gasteiger partial charge < -0.3 is 10.1 Å². The summed E-state index contributed by atoms with van der Waals surface area (Å²) < 4.78 is 5.76. The standard InChI is InChI=1S/C19H20N4O2/c1-2-9-20-19(24)15-5-3-4-14(11-15)13-25-16-6-7-17(21-12-16)18-8-10-22-23-18/h3-8,10-12H,2,9,13H2,1H3,(H,20,24)(H,22,23). The Morgan fingerprint density at radius 2 is 2.16 bits per heavy atom. The van der Waals surface area contributed by atoms with Gasteiger partial charge in [0.25, 0.3) is 5.91 Å². The number of hydrogen-bond acceptors (Lipinski definition) is 4. The molecule has 0 bridgehead atoms. The van der Waals surface area contributed by atoms with E-state index in [9.17, 15) is 4.79 Å². The van der Waals surface area contributed by atoms with Crippen molar-refractivity contribution >= 4 is 5.91 Å². The molecule has 0 unspecified atom stereocenters. The minimum absolute atomic E-state index is 0.0609. The summed E-state index contributed by atoms with van der Waals surface area (Å²) in [4.78, 5) is 16.4. The molecule has 1 aromatic carbocycles. The van der Waals surface area contributed by atoms with Gasteiger partial charge in [-0.3, -0.25) is 14.9 Å². The Labute approximate surface area is 146 Å². The number of H-pyrrole nitrogens is 1. The molecule has 0 spiro atoms. The van der Waals surface area contributed by atoms with Crippen LogP contribution in [0.4, 0.5) is 0 Å². The highest BCUT2D eigenvalue weighted by molar-refractivity contribution is 5.94. The van der Waals surface area contributed by atoms with Gasteiger partial charge in [-0.2, -0.15) is 5.10 Å². The van der Waals surface area contributed by atoms with Crippen molar-refractivity contribution in [3.05, 3.63) is 66.0 Å². The zero-order valence-electron chi connectivity index (χ0n) is 14.0. The van der Waals surface area contributed by atoms with Gasteiger partial charge in [0.2, 0.25) is 0 Å².